The first-order valence-electron chi connectivity index (χ1n) is 10.0. The number of fused-ring (bicyclic) bond motifs is 1. The molecule has 1 aromatic heterocycles. The van der Waals surface area contributed by atoms with Crippen LogP contribution >= 0.6 is 0 Å². The molecule has 0 saturated carbocycles. The summed E-state index contributed by atoms with van der Waals surface area (Å²) in [4.78, 5) is 12.1. The Balaban J connectivity index is 1.42. The highest BCUT2D eigenvalue weighted by atomic mass is 19.2. The zero-order valence-corrected chi connectivity index (χ0v) is 16.7. The maximum Gasteiger partial charge on any atom is 0.255 e. The van der Waals surface area contributed by atoms with E-state index in [0.29, 0.717) is 42.5 Å². The molecule has 0 saturated heterocycles. The number of phenolic OH excluding ortho intramolecular Hbond substituents is 1. The molecular weight excluding hydrogens is 400 g/mol. The molecule has 158 valence electrons. The number of aromatic amines is 1. The number of hydrogen-bond acceptors (Lipinski definition) is 3. The third kappa shape index (κ3) is 4.26. The first kappa shape index (κ1) is 20.5. The van der Waals surface area contributed by atoms with Crippen molar-refractivity contribution in [3.8, 4) is 16.9 Å². The van der Waals surface area contributed by atoms with Crippen LogP contribution in [0.1, 0.15) is 28.9 Å². The minimum absolute atomic E-state index is 0.0556. The molecule has 0 bridgehead atoms. The molecule has 0 aliphatic rings. The Morgan fingerprint density at radius 2 is 1.74 bits per heavy atom. The number of rotatable bonds is 7. The van der Waals surface area contributed by atoms with Gasteiger partial charge in [-0.3, -0.25) is 9.89 Å². The van der Waals surface area contributed by atoms with Crippen molar-refractivity contribution in [1.29, 1.82) is 0 Å². The lowest BCUT2D eigenvalue weighted by Crippen LogP contribution is -2.24. The van der Waals surface area contributed by atoms with Crippen molar-refractivity contribution in [2.45, 2.75) is 19.3 Å². The summed E-state index contributed by atoms with van der Waals surface area (Å²) in [7, 11) is 0. The topological polar surface area (TPSA) is 78.0 Å². The van der Waals surface area contributed by atoms with Gasteiger partial charge >= 0.3 is 0 Å². The number of amides is 1. The number of phenols is 1. The van der Waals surface area contributed by atoms with Crippen LogP contribution in [0.15, 0.2) is 60.7 Å². The zero-order valence-electron chi connectivity index (χ0n) is 16.7. The van der Waals surface area contributed by atoms with Gasteiger partial charge in [0.1, 0.15) is 11.3 Å². The van der Waals surface area contributed by atoms with E-state index < -0.39 is 11.6 Å². The molecule has 4 rings (SSSR count). The Hall–Kier alpha value is -3.74. The predicted molar refractivity (Wildman–Crippen MR) is 115 cm³/mol. The quantitative estimate of drug-likeness (QED) is 0.369. The van der Waals surface area contributed by atoms with E-state index in [1.54, 1.807) is 48.5 Å². The zero-order chi connectivity index (χ0) is 21.8. The van der Waals surface area contributed by atoms with Gasteiger partial charge in [-0.1, -0.05) is 42.5 Å². The van der Waals surface area contributed by atoms with Gasteiger partial charge in [-0.2, -0.15) is 5.10 Å². The number of H-pyrrole nitrogens is 1. The number of carbonyl (C=O) groups excluding carboxylic acids is 1. The highest BCUT2D eigenvalue weighted by molar-refractivity contribution is 5.96. The fourth-order valence-corrected chi connectivity index (χ4v) is 3.55. The minimum atomic E-state index is -0.940. The monoisotopic (exact) mass is 421 g/mol. The minimum Gasteiger partial charge on any atom is -0.507 e. The Bertz CT molecular complexity index is 1220. The van der Waals surface area contributed by atoms with Crippen molar-refractivity contribution in [1.82, 2.24) is 15.5 Å². The van der Waals surface area contributed by atoms with E-state index in [2.05, 4.69) is 15.5 Å². The molecular formula is C24H21F2N3O2. The lowest BCUT2D eigenvalue weighted by molar-refractivity contribution is 0.0950. The molecule has 0 atom stereocenters. The number of halogens is 2. The number of nitrogens with zero attached hydrogens (tertiary/aromatic N) is 1. The summed E-state index contributed by atoms with van der Waals surface area (Å²) in [5.74, 6) is -2.24. The normalized spacial score (nSPS) is 11.0. The molecule has 4 aromatic rings. The third-order valence-corrected chi connectivity index (χ3v) is 5.18. The van der Waals surface area contributed by atoms with Gasteiger partial charge < -0.3 is 10.4 Å². The molecule has 7 heteroatoms. The fraction of sp³-hybridized carbons (Fsp3) is 0.167. The first-order chi connectivity index (χ1) is 15.1. The lowest BCUT2D eigenvalue weighted by atomic mass is 10.0. The fourth-order valence-electron chi connectivity index (χ4n) is 3.55. The maximum atomic E-state index is 14.6. The van der Waals surface area contributed by atoms with E-state index in [-0.39, 0.29) is 28.3 Å². The molecule has 0 spiro atoms. The number of aryl methyl sites for hydroxylation is 1. The van der Waals surface area contributed by atoms with Gasteiger partial charge in [0.15, 0.2) is 11.6 Å². The van der Waals surface area contributed by atoms with Crippen molar-refractivity contribution in [3.63, 3.8) is 0 Å². The molecule has 0 radical (unpaired) electrons. The number of hydrogen-bond donors (Lipinski definition) is 3. The van der Waals surface area contributed by atoms with E-state index >= 15 is 0 Å². The van der Waals surface area contributed by atoms with Crippen molar-refractivity contribution < 1.29 is 18.7 Å². The number of para-hydroxylation sites is 1. The van der Waals surface area contributed by atoms with Gasteiger partial charge in [-0.25, -0.2) is 8.78 Å². The van der Waals surface area contributed by atoms with Crippen molar-refractivity contribution in [2.24, 2.45) is 0 Å². The highest BCUT2D eigenvalue weighted by Crippen LogP contribution is 2.31. The van der Waals surface area contributed by atoms with Gasteiger partial charge in [-0.05, 0) is 43.0 Å². The van der Waals surface area contributed by atoms with E-state index in [4.69, 9.17) is 0 Å². The number of aromatic nitrogens is 2. The van der Waals surface area contributed by atoms with Crippen molar-refractivity contribution in [2.75, 3.05) is 6.54 Å². The van der Waals surface area contributed by atoms with Crippen LogP contribution in [0, 0.1) is 11.6 Å². The summed E-state index contributed by atoms with van der Waals surface area (Å²) in [5.41, 5.74) is 1.73. The molecule has 0 fully saturated rings. The summed E-state index contributed by atoms with van der Waals surface area (Å²) in [6.07, 6.45) is 1.91. The van der Waals surface area contributed by atoms with E-state index in [9.17, 15) is 18.7 Å². The lowest BCUT2D eigenvalue weighted by Gasteiger charge is -2.07. The van der Waals surface area contributed by atoms with Gasteiger partial charge in [0, 0.05) is 17.5 Å². The number of nitrogens with one attached hydrogen (secondary N) is 2. The molecule has 0 aliphatic heterocycles. The molecule has 0 unspecified atom stereocenters. The Morgan fingerprint density at radius 1 is 1.00 bits per heavy atom. The first-order valence-corrected chi connectivity index (χ1v) is 10.0. The van der Waals surface area contributed by atoms with E-state index in [1.165, 1.54) is 6.07 Å². The van der Waals surface area contributed by atoms with Gasteiger partial charge in [0.05, 0.1) is 11.3 Å². The van der Waals surface area contributed by atoms with Crippen LogP contribution in [0.25, 0.3) is 22.0 Å². The molecule has 5 nitrogen and oxygen atoms in total. The molecule has 31 heavy (non-hydrogen) atoms. The van der Waals surface area contributed by atoms with Gasteiger partial charge in [0.2, 0.25) is 0 Å². The molecule has 0 aliphatic carbocycles. The second-order valence-electron chi connectivity index (χ2n) is 7.24. The summed E-state index contributed by atoms with van der Waals surface area (Å²) >= 11 is 0. The smallest absolute Gasteiger partial charge is 0.255 e. The largest absolute Gasteiger partial charge is 0.507 e. The molecule has 3 N–H and O–H groups in total. The van der Waals surface area contributed by atoms with Crippen molar-refractivity contribution in [3.05, 3.63) is 83.6 Å². The maximum absolute atomic E-state index is 14.6. The van der Waals surface area contributed by atoms with Crippen LogP contribution in [0.4, 0.5) is 8.78 Å². The van der Waals surface area contributed by atoms with Crippen LogP contribution in [0.2, 0.25) is 0 Å². The Morgan fingerprint density at radius 3 is 2.52 bits per heavy atom. The van der Waals surface area contributed by atoms with Crippen LogP contribution in [0.3, 0.4) is 0 Å². The molecule has 1 amide bonds. The van der Waals surface area contributed by atoms with E-state index in [1.807, 2.05) is 6.07 Å². The SMILES string of the molecule is O=C(NCCCCc1n[nH]c2c(F)c(F)c(-c3ccccc3)cc12)c1ccccc1O. The average Bonchev–Trinajstić information content (AvgIpc) is 3.19. The second-order valence-corrected chi connectivity index (χ2v) is 7.24. The molecule has 1 heterocycles. The van der Waals surface area contributed by atoms with Crippen LogP contribution in [-0.2, 0) is 6.42 Å². The van der Waals surface area contributed by atoms with Crippen LogP contribution in [0.5, 0.6) is 5.75 Å². The van der Waals surface area contributed by atoms with E-state index in [0.717, 1.165) is 0 Å². The summed E-state index contributed by atoms with van der Waals surface area (Å²) in [5, 5.41) is 19.8. The number of aromatic hydroxyl groups is 1. The molecule has 3 aromatic carbocycles. The van der Waals surface area contributed by atoms with Gasteiger partial charge in [0.25, 0.3) is 5.91 Å². The summed E-state index contributed by atoms with van der Waals surface area (Å²) in [6, 6.07) is 16.8. The summed E-state index contributed by atoms with van der Waals surface area (Å²) in [6.45, 7) is 0.424. The number of unbranched alkanes of at least 4 members (excludes halogenated alkanes) is 1. The van der Waals surface area contributed by atoms with Crippen LogP contribution < -0.4 is 5.32 Å². The van der Waals surface area contributed by atoms with Crippen LogP contribution in [-0.4, -0.2) is 27.8 Å². The number of benzene rings is 3. The standard InChI is InChI=1S/C24H21F2N3O2/c25-21-17(15-8-2-1-3-9-15)14-18-19(28-29-23(18)22(21)26)11-6-7-13-27-24(31)16-10-4-5-12-20(16)30/h1-5,8-10,12,14,30H,6-7,11,13H2,(H,27,31)(H,28,29). The summed E-state index contributed by atoms with van der Waals surface area (Å²) < 4.78 is 29.1. The third-order valence-electron chi connectivity index (χ3n) is 5.18. The average molecular weight is 421 g/mol. The second kappa shape index (κ2) is 8.95. The Labute approximate surface area is 177 Å². The Kier molecular flexibility index (Phi) is 5.93. The van der Waals surface area contributed by atoms with Gasteiger partial charge in [-0.15, -0.1) is 0 Å². The number of carbonyl (C=O) groups is 1. The predicted octanol–water partition coefficient (Wildman–Crippen LogP) is 4.97. The van der Waals surface area contributed by atoms with Crippen molar-refractivity contribution >= 4 is 16.8 Å². The highest BCUT2D eigenvalue weighted by Gasteiger charge is 2.19.